The lowest BCUT2D eigenvalue weighted by Gasteiger charge is -2.42. The van der Waals surface area contributed by atoms with Crippen molar-refractivity contribution in [3.8, 4) is 11.8 Å². The first-order valence-electron chi connectivity index (χ1n) is 6.99. The molecule has 1 aliphatic rings. The quantitative estimate of drug-likeness (QED) is 0.750. The van der Waals surface area contributed by atoms with E-state index in [0.29, 0.717) is 18.2 Å². The van der Waals surface area contributed by atoms with Gasteiger partial charge in [-0.1, -0.05) is 15.9 Å². The maximum atomic E-state index is 13.3. The highest BCUT2D eigenvalue weighted by Crippen LogP contribution is 2.42. The van der Waals surface area contributed by atoms with E-state index in [1.54, 1.807) is 13.0 Å². The second-order valence-corrected chi connectivity index (χ2v) is 6.58. The van der Waals surface area contributed by atoms with Crippen LogP contribution in [0.2, 0.25) is 0 Å². The Labute approximate surface area is 140 Å². The molecular formula is C15H16BrF3N2O2. The number of ether oxygens (including phenoxy) is 1. The van der Waals surface area contributed by atoms with Gasteiger partial charge in [0.2, 0.25) is 0 Å². The van der Waals surface area contributed by atoms with Crippen molar-refractivity contribution in [3.05, 3.63) is 23.3 Å². The minimum Gasteiger partial charge on any atom is -0.493 e. The van der Waals surface area contributed by atoms with E-state index in [2.05, 4.69) is 21.2 Å². The smallest absolute Gasteiger partial charge is 0.418 e. The highest BCUT2D eigenvalue weighted by Gasteiger charge is 2.41. The fourth-order valence-corrected chi connectivity index (χ4v) is 2.79. The fourth-order valence-electron chi connectivity index (χ4n) is 2.63. The molecule has 4 nitrogen and oxygen atoms in total. The number of nitrogens with zero attached hydrogens (tertiary/aromatic N) is 1. The Balaban J connectivity index is 2.36. The molecule has 2 rings (SSSR count). The van der Waals surface area contributed by atoms with Crippen molar-refractivity contribution in [1.29, 1.82) is 5.26 Å². The van der Waals surface area contributed by atoms with Crippen molar-refractivity contribution >= 4 is 21.6 Å². The van der Waals surface area contributed by atoms with Crippen LogP contribution in [0.1, 0.15) is 30.9 Å². The van der Waals surface area contributed by atoms with Crippen LogP contribution in [0.3, 0.4) is 0 Å². The summed E-state index contributed by atoms with van der Waals surface area (Å²) in [5.74, 6) is -0.000481. The van der Waals surface area contributed by atoms with Crippen LogP contribution in [0.15, 0.2) is 12.1 Å². The number of anilines is 1. The molecule has 0 bridgehead atoms. The van der Waals surface area contributed by atoms with Gasteiger partial charge >= 0.3 is 6.18 Å². The Bertz CT molecular complexity index is 618. The molecule has 1 aliphatic carbocycles. The van der Waals surface area contributed by atoms with Gasteiger partial charge in [-0.05, 0) is 25.8 Å². The lowest BCUT2D eigenvalue weighted by atomic mass is 9.77. The fraction of sp³-hybridized carbons (Fsp3) is 0.533. The van der Waals surface area contributed by atoms with Crippen molar-refractivity contribution in [2.45, 2.75) is 37.6 Å². The summed E-state index contributed by atoms with van der Waals surface area (Å²) in [6, 6.07) is 3.66. The van der Waals surface area contributed by atoms with Crippen molar-refractivity contribution in [3.63, 3.8) is 0 Å². The minimum absolute atomic E-state index is 0.000481. The van der Waals surface area contributed by atoms with Gasteiger partial charge in [0, 0.05) is 17.4 Å². The third-order valence-electron chi connectivity index (χ3n) is 3.60. The number of alkyl halides is 4. The third-order valence-corrected chi connectivity index (χ3v) is 3.93. The van der Waals surface area contributed by atoms with Crippen LogP contribution in [0.4, 0.5) is 18.9 Å². The number of nitrogens with one attached hydrogen (secondary N) is 1. The number of nitriles is 1. The van der Waals surface area contributed by atoms with E-state index in [-0.39, 0.29) is 29.6 Å². The van der Waals surface area contributed by atoms with Gasteiger partial charge in [0.25, 0.3) is 0 Å². The van der Waals surface area contributed by atoms with Gasteiger partial charge in [-0.2, -0.15) is 18.4 Å². The predicted molar refractivity (Wildman–Crippen MR) is 82.7 cm³/mol. The van der Waals surface area contributed by atoms with Gasteiger partial charge in [0.1, 0.15) is 11.8 Å². The topological polar surface area (TPSA) is 65.3 Å². The largest absolute Gasteiger partial charge is 0.493 e. The Kier molecular flexibility index (Phi) is 5.11. The summed E-state index contributed by atoms with van der Waals surface area (Å²) < 4.78 is 45.2. The van der Waals surface area contributed by atoms with Crippen LogP contribution in [0.5, 0.6) is 5.75 Å². The number of halogens is 4. The summed E-state index contributed by atoms with van der Waals surface area (Å²) in [4.78, 5) is 0. The molecular weight excluding hydrogens is 377 g/mol. The first-order valence-corrected chi connectivity index (χ1v) is 8.11. The van der Waals surface area contributed by atoms with Gasteiger partial charge in [-0.15, -0.1) is 0 Å². The monoisotopic (exact) mass is 392 g/mol. The van der Waals surface area contributed by atoms with Crippen molar-refractivity contribution in [2.24, 2.45) is 0 Å². The Morgan fingerprint density at radius 1 is 1.48 bits per heavy atom. The SMILES string of the molecule is CC1(O)CC(Nc2c(C#N)cc(OCCBr)cc2C(F)(F)F)C1. The molecule has 1 aromatic carbocycles. The number of hydrogen-bond donors (Lipinski definition) is 2. The Morgan fingerprint density at radius 3 is 2.61 bits per heavy atom. The van der Waals surface area contributed by atoms with Crippen LogP contribution in [0.25, 0.3) is 0 Å². The highest BCUT2D eigenvalue weighted by molar-refractivity contribution is 9.09. The number of hydrogen-bond acceptors (Lipinski definition) is 4. The van der Waals surface area contributed by atoms with Gasteiger partial charge in [0.15, 0.2) is 0 Å². The summed E-state index contributed by atoms with van der Waals surface area (Å²) >= 11 is 3.13. The number of aliphatic hydroxyl groups is 1. The highest BCUT2D eigenvalue weighted by atomic mass is 79.9. The minimum atomic E-state index is -4.62. The van der Waals surface area contributed by atoms with Crippen LogP contribution in [0, 0.1) is 11.3 Å². The first kappa shape index (κ1) is 17.9. The van der Waals surface area contributed by atoms with E-state index >= 15 is 0 Å². The second kappa shape index (κ2) is 6.57. The summed E-state index contributed by atoms with van der Waals surface area (Å²) in [6.45, 7) is 1.82. The normalized spacial score (nSPS) is 23.8. The van der Waals surface area contributed by atoms with Gasteiger partial charge in [-0.25, -0.2) is 0 Å². The lowest BCUT2D eigenvalue weighted by molar-refractivity contribution is -0.137. The van der Waals surface area contributed by atoms with E-state index in [4.69, 9.17) is 4.74 Å². The van der Waals surface area contributed by atoms with E-state index in [1.807, 2.05) is 0 Å². The molecule has 1 saturated carbocycles. The molecule has 1 fully saturated rings. The zero-order chi connectivity index (χ0) is 17.3. The maximum Gasteiger partial charge on any atom is 0.418 e. The zero-order valence-electron chi connectivity index (χ0n) is 12.4. The molecule has 0 saturated heterocycles. The molecule has 0 radical (unpaired) electrons. The van der Waals surface area contributed by atoms with Gasteiger partial charge in [0.05, 0.1) is 29.0 Å². The van der Waals surface area contributed by atoms with Crippen molar-refractivity contribution in [1.82, 2.24) is 0 Å². The molecule has 23 heavy (non-hydrogen) atoms. The number of benzene rings is 1. The standard InChI is InChI=1S/C15H16BrF3N2O2/c1-14(22)6-10(7-14)21-13-9(8-20)4-11(23-3-2-16)5-12(13)15(17,18)19/h4-5,10,21-22H,2-3,6-7H2,1H3. The molecule has 0 atom stereocenters. The average Bonchev–Trinajstić information content (AvgIpc) is 2.42. The number of rotatable bonds is 5. The van der Waals surface area contributed by atoms with E-state index in [1.165, 1.54) is 6.07 Å². The molecule has 0 spiro atoms. The van der Waals surface area contributed by atoms with Crippen molar-refractivity contribution in [2.75, 3.05) is 17.3 Å². The van der Waals surface area contributed by atoms with Crippen LogP contribution in [-0.4, -0.2) is 28.7 Å². The average molecular weight is 393 g/mol. The molecule has 0 unspecified atom stereocenters. The first-order chi connectivity index (χ1) is 10.7. The molecule has 0 heterocycles. The zero-order valence-corrected chi connectivity index (χ0v) is 14.0. The Hall–Kier alpha value is -1.46. The summed E-state index contributed by atoms with van der Waals surface area (Å²) in [5, 5.41) is 22.1. The van der Waals surface area contributed by atoms with E-state index < -0.39 is 17.3 Å². The molecule has 126 valence electrons. The maximum absolute atomic E-state index is 13.3. The van der Waals surface area contributed by atoms with Crippen LogP contribution in [-0.2, 0) is 6.18 Å². The molecule has 0 amide bonds. The lowest BCUT2D eigenvalue weighted by Crippen LogP contribution is -2.48. The van der Waals surface area contributed by atoms with Crippen LogP contribution < -0.4 is 10.1 Å². The second-order valence-electron chi connectivity index (χ2n) is 5.79. The van der Waals surface area contributed by atoms with Gasteiger partial charge < -0.3 is 15.2 Å². The summed E-state index contributed by atoms with van der Waals surface area (Å²) in [7, 11) is 0. The summed E-state index contributed by atoms with van der Waals surface area (Å²) in [5.41, 5.74) is -2.20. The molecule has 0 aromatic heterocycles. The van der Waals surface area contributed by atoms with Crippen LogP contribution >= 0.6 is 15.9 Å². The Morgan fingerprint density at radius 2 is 2.13 bits per heavy atom. The molecule has 0 aliphatic heterocycles. The molecule has 8 heteroatoms. The summed E-state index contributed by atoms with van der Waals surface area (Å²) in [6.07, 6.45) is -3.96. The third kappa shape index (κ3) is 4.30. The molecule has 1 aromatic rings. The van der Waals surface area contributed by atoms with E-state index in [0.717, 1.165) is 6.07 Å². The molecule has 2 N–H and O–H groups in total. The predicted octanol–water partition coefficient (Wildman–Crippen LogP) is 3.68. The van der Waals surface area contributed by atoms with Gasteiger partial charge in [-0.3, -0.25) is 0 Å². The van der Waals surface area contributed by atoms with E-state index in [9.17, 15) is 23.5 Å². The van der Waals surface area contributed by atoms with Crippen molar-refractivity contribution < 1.29 is 23.0 Å².